The third-order valence-electron chi connectivity index (χ3n) is 3.13. The van der Waals surface area contributed by atoms with Crippen LogP contribution in [-0.2, 0) is 0 Å². The smallest absolute Gasteiger partial charge is 0.336 e. The molecule has 0 aromatic heterocycles. The van der Waals surface area contributed by atoms with Gasteiger partial charge in [0.1, 0.15) is 0 Å². The van der Waals surface area contributed by atoms with Crippen LogP contribution in [0.2, 0.25) is 0 Å². The van der Waals surface area contributed by atoms with E-state index in [1.807, 2.05) is 0 Å². The Morgan fingerprint density at radius 1 is 1.33 bits per heavy atom. The fraction of sp³-hybridized carbons (Fsp3) is 0.417. The van der Waals surface area contributed by atoms with E-state index in [2.05, 4.69) is 0 Å². The van der Waals surface area contributed by atoms with Crippen LogP contribution >= 0.6 is 0 Å². The van der Waals surface area contributed by atoms with E-state index in [4.69, 9.17) is 10.8 Å². The van der Waals surface area contributed by atoms with Gasteiger partial charge in [-0.3, -0.25) is 0 Å². The molecule has 1 aromatic carbocycles. The first kappa shape index (κ1) is 10.0. The fourth-order valence-electron chi connectivity index (χ4n) is 2.44. The molecule has 0 atom stereocenters. The van der Waals surface area contributed by atoms with Gasteiger partial charge in [-0.2, -0.15) is 0 Å². The van der Waals surface area contributed by atoms with Gasteiger partial charge in [-0.25, -0.2) is 4.79 Å². The average molecular weight is 205 g/mol. The molecule has 0 radical (unpaired) electrons. The molecule has 1 aliphatic rings. The maximum atomic E-state index is 11.1. The molecular weight excluding hydrogens is 190 g/mol. The van der Waals surface area contributed by atoms with Gasteiger partial charge in [-0.15, -0.1) is 0 Å². The summed E-state index contributed by atoms with van der Waals surface area (Å²) in [7, 11) is 0. The summed E-state index contributed by atoms with van der Waals surface area (Å²) >= 11 is 0. The molecular formula is C12H15NO2. The van der Waals surface area contributed by atoms with Crippen molar-refractivity contribution in [3.63, 3.8) is 0 Å². The van der Waals surface area contributed by atoms with Crippen molar-refractivity contribution in [1.29, 1.82) is 0 Å². The number of aromatic carboxylic acids is 1. The van der Waals surface area contributed by atoms with Crippen molar-refractivity contribution in [3.8, 4) is 0 Å². The summed E-state index contributed by atoms with van der Waals surface area (Å²) in [6, 6.07) is 5.14. The van der Waals surface area contributed by atoms with Crippen molar-refractivity contribution in [2.24, 2.45) is 0 Å². The van der Waals surface area contributed by atoms with Crippen molar-refractivity contribution in [1.82, 2.24) is 0 Å². The zero-order chi connectivity index (χ0) is 10.8. The number of nitrogens with two attached hydrogens (primary N) is 1. The predicted molar refractivity (Wildman–Crippen MR) is 59.0 cm³/mol. The predicted octanol–water partition coefficient (Wildman–Crippen LogP) is 2.62. The van der Waals surface area contributed by atoms with E-state index < -0.39 is 5.97 Å². The summed E-state index contributed by atoms with van der Waals surface area (Å²) in [6.45, 7) is 0. The van der Waals surface area contributed by atoms with E-state index in [1.165, 1.54) is 12.8 Å². The molecule has 1 fully saturated rings. The van der Waals surface area contributed by atoms with Crippen molar-refractivity contribution >= 4 is 11.7 Å². The summed E-state index contributed by atoms with van der Waals surface area (Å²) in [5.74, 6) is -0.526. The number of carboxylic acid groups (broad SMARTS) is 1. The highest BCUT2D eigenvalue weighted by Gasteiger charge is 2.24. The minimum absolute atomic E-state index is 0.345. The van der Waals surface area contributed by atoms with E-state index in [1.54, 1.807) is 18.2 Å². The number of anilines is 1. The highest BCUT2D eigenvalue weighted by Crippen LogP contribution is 2.38. The lowest BCUT2D eigenvalue weighted by molar-refractivity contribution is 0.0695. The van der Waals surface area contributed by atoms with E-state index in [9.17, 15) is 4.79 Å². The highest BCUT2D eigenvalue weighted by molar-refractivity contribution is 5.91. The zero-order valence-corrected chi connectivity index (χ0v) is 8.57. The van der Waals surface area contributed by atoms with Crippen molar-refractivity contribution in [3.05, 3.63) is 29.3 Å². The first-order valence-corrected chi connectivity index (χ1v) is 5.32. The number of hydrogen-bond acceptors (Lipinski definition) is 2. The number of benzene rings is 1. The monoisotopic (exact) mass is 205 g/mol. The quantitative estimate of drug-likeness (QED) is 0.729. The standard InChI is InChI=1S/C12H15NO2/c13-10-7-3-6-9(12(14)15)11(10)8-4-1-2-5-8/h3,6-8H,1-2,4-5,13H2,(H,14,15). The Kier molecular flexibility index (Phi) is 2.62. The van der Waals surface area contributed by atoms with Crippen LogP contribution in [0.15, 0.2) is 18.2 Å². The van der Waals surface area contributed by atoms with E-state index >= 15 is 0 Å². The Balaban J connectivity index is 2.46. The Morgan fingerprint density at radius 2 is 2.00 bits per heavy atom. The van der Waals surface area contributed by atoms with Crippen LogP contribution in [0.4, 0.5) is 5.69 Å². The van der Waals surface area contributed by atoms with Gasteiger partial charge in [0.05, 0.1) is 5.56 Å². The van der Waals surface area contributed by atoms with Gasteiger partial charge >= 0.3 is 5.97 Å². The number of carbonyl (C=O) groups is 1. The first-order valence-electron chi connectivity index (χ1n) is 5.32. The van der Waals surface area contributed by atoms with Crippen LogP contribution in [0.25, 0.3) is 0 Å². The van der Waals surface area contributed by atoms with E-state index in [0.29, 0.717) is 17.2 Å². The van der Waals surface area contributed by atoms with E-state index in [-0.39, 0.29) is 0 Å². The van der Waals surface area contributed by atoms with Crippen molar-refractivity contribution < 1.29 is 9.90 Å². The van der Waals surface area contributed by atoms with Gasteiger partial charge in [0, 0.05) is 5.69 Å². The number of nitrogen functional groups attached to an aromatic ring is 1. The van der Waals surface area contributed by atoms with Crippen molar-refractivity contribution in [2.75, 3.05) is 5.73 Å². The zero-order valence-electron chi connectivity index (χ0n) is 8.57. The molecule has 1 aliphatic carbocycles. The van der Waals surface area contributed by atoms with Crippen LogP contribution in [0.3, 0.4) is 0 Å². The molecule has 15 heavy (non-hydrogen) atoms. The maximum absolute atomic E-state index is 11.1. The second kappa shape index (κ2) is 3.93. The van der Waals surface area contributed by atoms with Crippen LogP contribution in [-0.4, -0.2) is 11.1 Å². The fourth-order valence-corrected chi connectivity index (χ4v) is 2.44. The van der Waals surface area contributed by atoms with E-state index in [0.717, 1.165) is 18.4 Å². The molecule has 0 spiro atoms. The van der Waals surface area contributed by atoms with Crippen LogP contribution < -0.4 is 5.73 Å². The van der Waals surface area contributed by atoms with Gasteiger partial charge < -0.3 is 10.8 Å². The summed E-state index contributed by atoms with van der Waals surface area (Å²) < 4.78 is 0. The van der Waals surface area contributed by atoms with Gasteiger partial charge in [0.25, 0.3) is 0 Å². The SMILES string of the molecule is Nc1cccc(C(=O)O)c1C1CCCC1. The minimum atomic E-state index is -0.871. The lowest BCUT2D eigenvalue weighted by Gasteiger charge is -2.15. The molecule has 0 heterocycles. The Labute approximate surface area is 88.9 Å². The Bertz CT molecular complexity index is 381. The number of hydrogen-bond donors (Lipinski definition) is 2. The molecule has 1 aromatic rings. The molecule has 3 nitrogen and oxygen atoms in total. The first-order chi connectivity index (χ1) is 7.20. The Hall–Kier alpha value is -1.51. The lowest BCUT2D eigenvalue weighted by Crippen LogP contribution is -2.08. The normalized spacial score (nSPS) is 16.8. The Morgan fingerprint density at radius 3 is 2.60 bits per heavy atom. The average Bonchev–Trinajstić information content (AvgIpc) is 2.70. The molecule has 2 rings (SSSR count). The maximum Gasteiger partial charge on any atom is 0.336 e. The third-order valence-corrected chi connectivity index (χ3v) is 3.13. The molecule has 1 saturated carbocycles. The molecule has 80 valence electrons. The molecule has 3 heteroatoms. The summed E-state index contributed by atoms with van der Waals surface area (Å²) in [5.41, 5.74) is 7.73. The van der Waals surface area contributed by atoms with Crippen molar-refractivity contribution in [2.45, 2.75) is 31.6 Å². The minimum Gasteiger partial charge on any atom is -0.478 e. The summed E-state index contributed by atoms with van der Waals surface area (Å²) in [4.78, 5) is 11.1. The molecule has 0 amide bonds. The van der Waals surface area contributed by atoms with Gasteiger partial charge in [0.15, 0.2) is 0 Å². The van der Waals surface area contributed by atoms with Gasteiger partial charge in [-0.1, -0.05) is 18.9 Å². The van der Waals surface area contributed by atoms with Crippen LogP contribution in [0.5, 0.6) is 0 Å². The second-order valence-corrected chi connectivity index (χ2v) is 4.10. The molecule has 0 bridgehead atoms. The molecule has 0 saturated heterocycles. The van der Waals surface area contributed by atoms with Crippen LogP contribution in [0, 0.1) is 0 Å². The molecule has 0 unspecified atom stereocenters. The van der Waals surface area contributed by atoms with Gasteiger partial charge in [-0.05, 0) is 36.5 Å². The lowest BCUT2D eigenvalue weighted by atomic mass is 9.91. The summed E-state index contributed by atoms with van der Waals surface area (Å²) in [6.07, 6.45) is 4.49. The molecule has 0 aliphatic heterocycles. The highest BCUT2D eigenvalue weighted by atomic mass is 16.4. The van der Waals surface area contributed by atoms with Gasteiger partial charge in [0.2, 0.25) is 0 Å². The number of rotatable bonds is 2. The summed E-state index contributed by atoms with van der Waals surface area (Å²) in [5, 5.41) is 9.09. The topological polar surface area (TPSA) is 63.3 Å². The van der Waals surface area contributed by atoms with Crippen LogP contribution in [0.1, 0.15) is 47.5 Å². The third kappa shape index (κ3) is 1.82. The molecule has 3 N–H and O–H groups in total. The number of carboxylic acids is 1. The largest absolute Gasteiger partial charge is 0.478 e. The second-order valence-electron chi connectivity index (χ2n) is 4.10.